The van der Waals surface area contributed by atoms with Crippen LogP contribution in [0.4, 0.5) is 4.79 Å². The number of ether oxygens (including phenoxy) is 2. The molecule has 0 spiro atoms. The number of benzene rings is 1. The second kappa shape index (κ2) is 17.0. The van der Waals surface area contributed by atoms with Crippen molar-refractivity contribution in [2.45, 2.75) is 102 Å². The fourth-order valence-electron chi connectivity index (χ4n) is 4.70. The van der Waals surface area contributed by atoms with E-state index in [9.17, 15) is 24.3 Å². The Morgan fingerprint density at radius 1 is 1.07 bits per heavy atom. The minimum absolute atomic E-state index is 0.0927. The van der Waals surface area contributed by atoms with E-state index in [-0.39, 0.29) is 32.4 Å². The average Bonchev–Trinajstić information content (AvgIpc) is 2.88. The average molecular weight is 598 g/mol. The van der Waals surface area contributed by atoms with Crippen LogP contribution < -0.4 is 20.7 Å². The lowest BCUT2D eigenvalue weighted by atomic mass is 9.83. The van der Waals surface area contributed by atoms with Crippen molar-refractivity contribution in [1.82, 2.24) is 16.0 Å². The number of para-hydroxylation sites is 1. The van der Waals surface area contributed by atoms with Gasteiger partial charge in [0.1, 0.15) is 24.0 Å². The van der Waals surface area contributed by atoms with Crippen LogP contribution in [0.3, 0.4) is 0 Å². The number of carbonyl (C=O) groups excluding carboxylic acids is 3. The van der Waals surface area contributed by atoms with Crippen molar-refractivity contribution in [3.63, 3.8) is 0 Å². The summed E-state index contributed by atoms with van der Waals surface area (Å²) >= 11 is 6.05. The molecule has 1 aliphatic carbocycles. The third-order valence-corrected chi connectivity index (χ3v) is 6.98. The van der Waals surface area contributed by atoms with Crippen LogP contribution in [0.15, 0.2) is 24.3 Å². The van der Waals surface area contributed by atoms with Gasteiger partial charge < -0.3 is 35.6 Å². The fraction of sp³-hybridized carbons (Fsp3) is 0.655. The summed E-state index contributed by atoms with van der Waals surface area (Å²) < 4.78 is 10.9. The second-order valence-corrected chi connectivity index (χ2v) is 11.8. The van der Waals surface area contributed by atoms with Crippen LogP contribution in [0.2, 0.25) is 5.02 Å². The van der Waals surface area contributed by atoms with Crippen LogP contribution >= 0.6 is 11.6 Å². The molecule has 3 amide bonds. The van der Waals surface area contributed by atoms with Gasteiger partial charge in [-0.15, -0.1) is 0 Å². The Hall–Kier alpha value is -3.05. The van der Waals surface area contributed by atoms with E-state index in [0.717, 1.165) is 32.1 Å². The SMILES string of the molecule is CC(C)(C)OC(=O)NC(CC1CCCCC1)C(O)CC(=O)N[C@@H](CCC(=O)O)C(=O)NCCOc1ccccc1Cl. The van der Waals surface area contributed by atoms with E-state index in [1.54, 1.807) is 45.0 Å². The van der Waals surface area contributed by atoms with Crippen LogP contribution in [0.25, 0.3) is 0 Å². The number of halogens is 1. The smallest absolute Gasteiger partial charge is 0.407 e. The summed E-state index contributed by atoms with van der Waals surface area (Å²) in [6.07, 6.45) is 2.93. The molecule has 12 heteroatoms. The van der Waals surface area contributed by atoms with E-state index in [4.69, 9.17) is 26.2 Å². The predicted octanol–water partition coefficient (Wildman–Crippen LogP) is 3.80. The van der Waals surface area contributed by atoms with Crippen molar-refractivity contribution >= 4 is 35.5 Å². The largest absolute Gasteiger partial charge is 0.490 e. The fourth-order valence-corrected chi connectivity index (χ4v) is 4.89. The lowest BCUT2D eigenvalue weighted by Gasteiger charge is -2.31. The quantitative estimate of drug-likeness (QED) is 0.191. The van der Waals surface area contributed by atoms with E-state index >= 15 is 0 Å². The van der Waals surface area contributed by atoms with Crippen LogP contribution in [0.1, 0.15) is 78.6 Å². The van der Waals surface area contributed by atoms with Gasteiger partial charge in [-0.05, 0) is 51.7 Å². The highest BCUT2D eigenvalue weighted by Crippen LogP contribution is 2.28. The summed E-state index contributed by atoms with van der Waals surface area (Å²) in [7, 11) is 0. The van der Waals surface area contributed by atoms with Gasteiger partial charge in [0.2, 0.25) is 11.8 Å². The zero-order valence-corrected chi connectivity index (χ0v) is 24.9. The zero-order chi connectivity index (χ0) is 30.4. The summed E-state index contributed by atoms with van der Waals surface area (Å²) in [5.74, 6) is -1.59. The van der Waals surface area contributed by atoms with Crippen molar-refractivity contribution in [3.8, 4) is 5.75 Å². The molecule has 5 N–H and O–H groups in total. The van der Waals surface area contributed by atoms with Crippen LogP contribution in [-0.2, 0) is 19.1 Å². The van der Waals surface area contributed by atoms with Crippen LogP contribution in [0, 0.1) is 5.92 Å². The first-order valence-electron chi connectivity index (χ1n) is 14.2. The number of aliphatic hydroxyl groups excluding tert-OH is 1. The number of aliphatic hydroxyl groups is 1. The molecule has 0 radical (unpaired) electrons. The van der Waals surface area contributed by atoms with Crippen molar-refractivity contribution in [2.75, 3.05) is 13.2 Å². The molecule has 230 valence electrons. The lowest BCUT2D eigenvalue weighted by Crippen LogP contribution is -2.51. The normalized spacial score (nSPS) is 16.1. The first-order valence-corrected chi connectivity index (χ1v) is 14.6. The van der Waals surface area contributed by atoms with Crippen molar-refractivity contribution in [2.24, 2.45) is 5.92 Å². The number of amides is 3. The third kappa shape index (κ3) is 13.9. The van der Waals surface area contributed by atoms with E-state index in [0.29, 0.717) is 23.1 Å². The number of alkyl carbamates (subject to hydrolysis) is 1. The highest BCUT2D eigenvalue weighted by molar-refractivity contribution is 6.32. The van der Waals surface area contributed by atoms with E-state index < -0.39 is 47.7 Å². The van der Waals surface area contributed by atoms with Crippen molar-refractivity contribution in [1.29, 1.82) is 0 Å². The molecule has 1 saturated carbocycles. The number of carbonyl (C=O) groups is 4. The van der Waals surface area contributed by atoms with Gasteiger partial charge >= 0.3 is 12.1 Å². The maximum Gasteiger partial charge on any atom is 0.407 e. The van der Waals surface area contributed by atoms with E-state index in [2.05, 4.69) is 16.0 Å². The predicted molar refractivity (Wildman–Crippen MR) is 154 cm³/mol. The minimum Gasteiger partial charge on any atom is -0.490 e. The summed E-state index contributed by atoms with van der Waals surface area (Å²) in [4.78, 5) is 49.3. The molecule has 3 atom stereocenters. The Bertz CT molecular complexity index is 1010. The molecule has 2 rings (SSSR count). The summed E-state index contributed by atoms with van der Waals surface area (Å²) in [6.45, 7) is 5.40. The first kappa shape index (κ1) is 34.2. The van der Waals surface area contributed by atoms with Gasteiger partial charge in [0, 0.05) is 6.42 Å². The molecule has 0 saturated heterocycles. The molecule has 1 aliphatic rings. The van der Waals surface area contributed by atoms with Gasteiger partial charge in [-0.1, -0.05) is 55.8 Å². The first-order chi connectivity index (χ1) is 19.3. The zero-order valence-electron chi connectivity index (χ0n) is 24.1. The molecule has 1 aromatic rings. The number of carboxylic acid groups (broad SMARTS) is 1. The molecular weight excluding hydrogens is 554 g/mol. The Labute approximate surface area is 246 Å². The number of hydrogen-bond acceptors (Lipinski definition) is 7. The Morgan fingerprint density at radius 2 is 1.76 bits per heavy atom. The van der Waals surface area contributed by atoms with Crippen LogP contribution in [0.5, 0.6) is 5.75 Å². The van der Waals surface area contributed by atoms with Crippen LogP contribution in [-0.4, -0.2) is 71.0 Å². The Kier molecular flexibility index (Phi) is 14.2. The van der Waals surface area contributed by atoms with E-state index in [1.165, 1.54) is 0 Å². The van der Waals surface area contributed by atoms with Gasteiger partial charge in [0.25, 0.3) is 0 Å². The Morgan fingerprint density at radius 3 is 2.39 bits per heavy atom. The lowest BCUT2D eigenvalue weighted by molar-refractivity contribution is -0.138. The number of hydrogen-bond donors (Lipinski definition) is 5. The highest BCUT2D eigenvalue weighted by atomic mass is 35.5. The van der Waals surface area contributed by atoms with Gasteiger partial charge in [0.15, 0.2) is 0 Å². The number of nitrogens with one attached hydrogen (secondary N) is 3. The second-order valence-electron chi connectivity index (χ2n) is 11.4. The Balaban J connectivity index is 1.97. The van der Waals surface area contributed by atoms with Gasteiger partial charge in [-0.2, -0.15) is 0 Å². The van der Waals surface area contributed by atoms with Gasteiger partial charge in [0.05, 0.1) is 30.1 Å². The summed E-state index contributed by atoms with van der Waals surface area (Å²) in [5, 5.41) is 28.4. The summed E-state index contributed by atoms with van der Waals surface area (Å²) in [5.41, 5.74) is -0.731. The summed E-state index contributed by atoms with van der Waals surface area (Å²) in [6, 6.07) is 5.01. The minimum atomic E-state index is -1.24. The van der Waals surface area contributed by atoms with Crippen molar-refractivity contribution in [3.05, 3.63) is 29.3 Å². The molecule has 2 unspecified atom stereocenters. The van der Waals surface area contributed by atoms with Crippen molar-refractivity contribution < 1.29 is 38.9 Å². The molecule has 1 aromatic carbocycles. The monoisotopic (exact) mass is 597 g/mol. The van der Waals surface area contributed by atoms with E-state index in [1.807, 2.05) is 0 Å². The number of rotatable bonds is 15. The van der Waals surface area contributed by atoms with Gasteiger partial charge in [-0.25, -0.2) is 4.79 Å². The maximum absolute atomic E-state index is 12.9. The van der Waals surface area contributed by atoms with Gasteiger partial charge in [-0.3, -0.25) is 14.4 Å². The molecule has 0 bridgehead atoms. The topological polar surface area (TPSA) is 163 Å². The molecular formula is C29H44ClN3O8. The molecule has 41 heavy (non-hydrogen) atoms. The molecule has 0 aliphatic heterocycles. The molecule has 11 nitrogen and oxygen atoms in total. The standard InChI is InChI=1S/C29H44ClN3O8/c1-29(2,3)41-28(39)33-22(17-19-9-5-4-6-10-19)23(34)18-25(35)32-21(13-14-26(36)37)27(38)31-15-16-40-24-12-8-7-11-20(24)30/h7-8,11-12,19,21-23,34H,4-6,9-10,13-18H2,1-3H3,(H,31,38)(H,32,35)(H,33,39)(H,36,37)/t21-,22?,23?/m0/s1. The third-order valence-electron chi connectivity index (χ3n) is 6.67. The number of aliphatic carboxylic acids is 1. The molecule has 0 heterocycles. The molecule has 0 aromatic heterocycles. The molecule has 1 fully saturated rings. The highest BCUT2D eigenvalue weighted by Gasteiger charge is 2.30. The number of carboxylic acids is 1. The maximum atomic E-state index is 12.9.